The summed E-state index contributed by atoms with van der Waals surface area (Å²) in [6.45, 7) is 5.52. The van der Waals surface area contributed by atoms with Gasteiger partial charge in [0, 0.05) is 23.8 Å². The molecule has 2 aromatic rings. The maximum Gasteiger partial charge on any atom is 0.0452 e. The third kappa shape index (κ3) is 1.96. The van der Waals surface area contributed by atoms with Gasteiger partial charge in [0.15, 0.2) is 0 Å². The standard InChI is InChI=1S/C14H14N2/c1-12-13(8-10-15-2)9-11-16(12)14-6-4-3-5-7-14/h3-11H,2H2,1H3/b10-8-. The van der Waals surface area contributed by atoms with E-state index < -0.39 is 0 Å². The molecule has 0 amide bonds. The molecule has 0 saturated heterocycles. The summed E-state index contributed by atoms with van der Waals surface area (Å²) in [6.07, 6.45) is 5.73. The molecule has 0 unspecified atom stereocenters. The molecule has 16 heavy (non-hydrogen) atoms. The lowest BCUT2D eigenvalue weighted by molar-refractivity contribution is 1.01. The monoisotopic (exact) mass is 210 g/mol. The minimum absolute atomic E-state index is 1.16. The largest absolute Gasteiger partial charge is 0.321 e. The normalized spacial score (nSPS) is 10.8. The first-order valence-electron chi connectivity index (χ1n) is 5.18. The van der Waals surface area contributed by atoms with Crippen LogP contribution in [0.5, 0.6) is 0 Å². The van der Waals surface area contributed by atoms with E-state index in [-0.39, 0.29) is 0 Å². The Bertz CT molecular complexity index is 507. The maximum absolute atomic E-state index is 3.71. The third-order valence-corrected chi connectivity index (χ3v) is 2.58. The molecule has 80 valence electrons. The number of aromatic nitrogens is 1. The molecule has 1 aromatic carbocycles. The topological polar surface area (TPSA) is 17.3 Å². The Morgan fingerprint density at radius 1 is 1.19 bits per heavy atom. The first-order chi connectivity index (χ1) is 7.83. The number of aliphatic imine (C=N–C) groups is 1. The Kier molecular flexibility index (Phi) is 3.01. The highest BCUT2D eigenvalue weighted by molar-refractivity contribution is 5.55. The van der Waals surface area contributed by atoms with E-state index in [0.29, 0.717) is 0 Å². The molecule has 0 radical (unpaired) electrons. The van der Waals surface area contributed by atoms with E-state index >= 15 is 0 Å². The predicted molar refractivity (Wildman–Crippen MR) is 69.1 cm³/mol. The highest BCUT2D eigenvalue weighted by atomic mass is 15.0. The minimum atomic E-state index is 1.16. The fraction of sp³-hybridized carbons (Fsp3) is 0.0714. The van der Waals surface area contributed by atoms with E-state index in [1.807, 2.05) is 24.3 Å². The van der Waals surface area contributed by atoms with Gasteiger partial charge < -0.3 is 4.57 Å². The lowest BCUT2D eigenvalue weighted by Gasteiger charge is -2.05. The number of rotatable bonds is 3. The average molecular weight is 210 g/mol. The molecule has 2 heteroatoms. The van der Waals surface area contributed by atoms with Gasteiger partial charge >= 0.3 is 0 Å². The van der Waals surface area contributed by atoms with Crippen LogP contribution < -0.4 is 0 Å². The van der Waals surface area contributed by atoms with Crippen LogP contribution in [-0.2, 0) is 0 Å². The van der Waals surface area contributed by atoms with Gasteiger partial charge in [0.25, 0.3) is 0 Å². The summed E-state index contributed by atoms with van der Waals surface area (Å²) < 4.78 is 2.16. The molecule has 0 fully saturated rings. The van der Waals surface area contributed by atoms with Gasteiger partial charge in [-0.15, -0.1) is 0 Å². The summed E-state index contributed by atoms with van der Waals surface area (Å²) in [5, 5.41) is 0. The van der Waals surface area contributed by atoms with Crippen molar-refractivity contribution in [1.29, 1.82) is 0 Å². The number of hydrogen-bond acceptors (Lipinski definition) is 1. The van der Waals surface area contributed by atoms with Crippen LogP contribution in [0.2, 0.25) is 0 Å². The van der Waals surface area contributed by atoms with Crippen LogP contribution in [0.3, 0.4) is 0 Å². The number of hydrogen-bond donors (Lipinski definition) is 0. The van der Waals surface area contributed by atoms with Crippen molar-refractivity contribution in [3.63, 3.8) is 0 Å². The van der Waals surface area contributed by atoms with E-state index in [1.165, 1.54) is 11.4 Å². The van der Waals surface area contributed by atoms with Crippen LogP contribution in [-0.4, -0.2) is 11.3 Å². The van der Waals surface area contributed by atoms with Crippen LogP contribution in [0, 0.1) is 6.92 Å². The van der Waals surface area contributed by atoms with E-state index in [1.54, 1.807) is 6.20 Å². The molecular formula is C14H14N2. The van der Waals surface area contributed by atoms with Crippen molar-refractivity contribution in [2.45, 2.75) is 6.92 Å². The molecule has 0 bridgehead atoms. The van der Waals surface area contributed by atoms with Gasteiger partial charge in [-0.3, -0.25) is 4.99 Å². The van der Waals surface area contributed by atoms with Crippen molar-refractivity contribution >= 4 is 12.8 Å². The maximum atomic E-state index is 3.71. The second-order valence-corrected chi connectivity index (χ2v) is 3.56. The Hall–Kier alpha value is -2.09. The van der Waals surface area contributed by atoms with Gasteiger partial charge in [-0.25, -0.2) is 0 Å². The molecule has 0 aliphatic rings. The summed E-state index contributed by atoms with van der Waals surface area (Å²) >= 11 is 0. The zero-order valence-corrected chi connectivity index (χ0v) is 9.30. The Morgan fingerprint density at radius 3 is 2.62 bits per heavy atom. The third-order valence-electron chi connectivity index (χ3n) is 2.58. The van der Waals surface area contributed by atoms with Crippen molar-refractivity contribution in [2.75, 3.05) is 0 Å². The predicted octanol–water partition coefficient (Wildman–Crippen LogP) is 3.46. The molecule has 0 saturated carbocycles. The van der Waals surface area contributed by atoms with E-state index in [4.69, 9.17) is 0 Å². The molecule has 0 aliphatic heterocycles. The molecule has 0 atom stereocenters. The Labute approximate surface area is 95.6 Å². The van der Waals surface area contributed by atoms with Crippen molar-refractivity contribution < 1.29 is 0 Å². The molecule has 2 rings (SSSR count). The number of benzene rings is 1. The second-order valence-electron chi connectivity index (χ2n) is 3.56. The van der Waals surface area contributed by atoms with Gasteiger partial charge in [0.05, 0.1) is 0 Å². The molecular weight excluding hydrogens is 196 g/mol. The second kappa shape index (κ2) is 4.62. The minimum Gasteiger partial charge on any atom is -0.321 e. The number of para-hydroxylation sites is 1. The summed E-state index contributed by atoms with van der Waals surface area (Å²) in [5.41, 5.74) is 3.54. The average Bonchev–Trinajstić information content (AvgIpc) is 2.69. The van der Waals surface area contributed by atoms with Gasteiger partial charge in [-0.1, -0.05) is 18.2 Å². The lowest BCUT2D eigenvalue weighted by Crippen LogP contribution is -1.94. The van der Waals surface area contributed by atoms with E-state index in [0.717, 1.165) is 5.56 Å². The Balaban J connectivity index is 2.41. The molecule has 0 N–H and O–H groups in total. The molecule has 0 spiro atoms. The Morgan fingerprint density at radius 2 is 1.94 bits per heavy atom. The molecule has 2 nitrogen and oxygen atoms in total. The van der Waals surface area contributed by atoms with E-state index in [9.17, 15) is 0 Å². The lowest BCUT2D eigenvalue weighted by atomic mass is 10.2. The zero-order valence-electron chi connectivity index (χ0n) is 9.30. The quantitative estimate of drug-likeness (QED) is 0.690. The molecule has 1 aromatic heterocycles. The fourth-order valence-electron chi connectivity index (χ4n) is 1.70. The highest BCUT2D eigenvalue weighted by Crippen LogP contribution is 2.17. The molecule has 1 heterocycles. The fourth-order valence-corrected chi connectivity index (χ4v) is 1.70. The number of nitrogens with zero attached hydrogens (tertiary/aromatic N) is 2. The van der Waals surface area contributed by atoms with Crippen molar-refractivity contribution in [3.05, 3.63) is 60.1 Å². The van der Waals surface area contributed by atoms with Crippen molar-refractivity contribution in [2.24, 2.45) is 4.99 Å². The summed E-state index contributed by atoms with van der Waals surface area (Å²) in [7, 11) is 0. The van der Waals surface area contributed by atoms with Gasteiger partial charge in [-0.2, -0.15) is 0 Å². The van der Waals surface area contributed by atoms with Gasteiger partial charge in [0.1, 0.15) is 0 Å². The summed E-state index contributed by atoms with van der Waals surface area (Å²) in [6, 6.07) is 12.3. The van der Waals surface area contributed by atoms with Crippen LogP contribution in [0.15, 0.2) is 53.8 Å². The van der Waals surface area contributed by atoms with Crippen LogP contribution >= 0.6 is 0 Å². The van der Waals surface area contributed by atoms with Crippen LogP contribution in [0.1, 0.15) is 11.3 Å². The SMILES string of the molecule is C=N/C=C\c1ccn(-c2ccccc2)c1C. The first-order valence-corrected chi connectivity index (χ1v) is 5.18. The zero-order chi connectivity index (χ0) is 11.4. The smallest absolute Gasteiger partial charge is 0.0452 e. The molecule has 0 aliphatic carbocycles. The summed E-state index contributed by atoms with van der Waals surface area (Å²) in [5.74, 6) is 0. The highest BCUT2D eigenvalue weighted by Gasteiger charge is 2.02. The van der Waals surface area contributed by atoms with Gasteiger partial charge in [0.2, 0.25) is 0 Å². The summed E-state index contributed by atoms with van der Waals surface area (Å²) in [4.78, 5) is 3.71. The van der Waals surface area contributed by atoms with Crippen LogP contribution in [0.25, 0.3) is 11.8 Å². The van der Waals surface area contributed by atoms with Crippen LogP contribution in [0.4, 0.5) is 0 Å². The van der Waals surface area contributed by atoms with Crippen molar-refractivity contribution in [3.8, 4) is 5.69 Å². The van der Waals surface area contributed by atoms with Gasteiger partial charge in [-0.05, 0) is 43.5 Å². The first kappa shape index (κ1) is 10.4. The van der Waals surface area contributed by atoms with E-state index in [2.05, 4.69) is 47.6 Å². The van der Waals surface area contributed by atoms with Crippen molar-refractivity contribution in [1.82, 2.24) is 4.57 Å².